The Morgan fingerprint density at radius 2 is 1.89 bits per heavy atom. The molecule has 4 heteroatoms. The van der Waals surface area contributed by atoms with Crippen LogP contribution in [0.25, 0.3) is 0 Å². The van der Waals surface area contributed by atoms with Crippen LogP contribution < -0.4 is 10.1 Å². The first-order valence-electron chi connectivity index (χ1n) is 6.09. The molecule has 18 heavy (non-hydrogen) atoms. The van der Waals surface area contributed by atoms with Gasteiger partial charge in [0.05, 0.1) is 13.0 Å². The maximum Gasteiger partial charge on any atom is 0.223 e. The average molecular weight is 314 g/mol. The lowest BCUT2D eigenvalue weighted by atomic mass is 10.1. The van der Waals surface area contributed by atoms with Crippen LogP contribution in [0, 0.1) is 13.8 Å². The van der Waals surface area contributed by atoms with E-state index in [0.717, 1.165) is 21.3 Å². The van der Waals surface area contributed by atoms with Crippen molar-refractivity contribution in [2.24, 2.45) is 0 Å². The van der Waals surface area contributed by atoms with E-state index in [-0.39, 0.29) is 11.9 Å². The summed E-state index contributed by atoms with van der Waals surface area (Å²) in [5.41, 5.74) is 2.27. The molecule has 100 valence electrons. The summed E-state index contributed by atoms with van der Waals surface area (Å²) in [6, 6.07) is 4.11. The maximum atomic E-state index is 11.4. The van der Waals surface area contributed by atoms with Crippen LogP contribution in [-0.4, -0.2) is 18.6 Å². The van der Waals surface area contributed by atoms with Crippen molar-refractivity contribution < 1.29 is 9.53 Å². The molecule has 0 unspecified atom stereocenters. The average Bonchev–Trinajstić information content (AvgIpc) is 2.24. The largest absolute Gasteiger partial charge is 0.493 e. The topological polar surface area (TPSA) is 38.3 Å². The van der Waals surface area contributed by atoms with Gasteiger partial charge in [0.25, 0.3) is 0 Å². The second-order valence-electron chi connectivity index (χ2n) is 4.69. The molecule has 0 spiro atoms. The highest BCUT2D eigenvalue weighted by molar-refractivity contribution is 9.10. The normalized spacial score (nSPS) is 10.6. The molecule has 0 aliphatic rings. The third-order valence-corrected chi connectivity index (χ3v) is 3.71. The van der Waals surface area contributed by atoms with Crippen molar-refractivity contribution in [3.8, 4) is 5.75 Å². The van der Waals surface area contributed by atoms with Crippen molar-refractivity contribution in [2.75, 3.05) is 6.61 Å². The first-order chi connectivity index (χ1) is 8.40. The summed E-state index contributed by atoms with van der Waals surface area (Å²) < 4.78 is 6.70. The predicted octanol–water partition coefficient (Wildman–Crippen LogP) is 3.36. The summed E-state index contributed by atoms with van der Waals surface area (Å²) in [5.74, 6) is 0.834. The van der Waals surface area contributed by atoms with E-state index in [1.165, 1.54) is 0 Å². The van der Waals surface area contributed by atoms with Crippen LogP contribution in [0.5, 0.6) is 5.75 Å². The number of hydrogen-bond acceptors (Lipinski definition) is 2. The highest BCUT2D eigenvalue weighted by atomic mass is 79.9. The molecule has 0 saturated carbocycles. The number of rotatable bonds is 5. The number of carbonyl (C=O) groups excluding carboxylic acids is 1. The highest BCUT2D eigenvalue weighted by Gasteiger charge is 2.06. The zero-order valence-corrected chi connectivity index (χ0v) is 12.9. The van der Waals surface area contributed by atoms with Gasteiger partial charge in [0.15, 0.2) is 0 Å². The number of amides is 1. The van der Waals surface area contributed by atoms with Gasteiger partial charge in [-0.15, -0.1) is 0 Å². The van der Waals surface area contributed by atoms with E-state index in [4.69, 9.17) is 4.74 Å². The van der Waals surface area contributed by atoms with E-state index in [1.54, 1.807) is 0 Å². The Bertz CT molecular complexity index is 407. The van der Waals surface area contributed by atoms with Gasteiger partial charge in [0.2, 0.25) is 5.91 Å². The standard InChI is InChI=1S/C14H20BrNO2/c1-9(2)16-13(17)5-6-18-12-7-10(3)14(15)11(4)8-12/h7-9H,5-6H2,1-4H3,(H,16,17). The van der Waals surface area contributed by atoms with Crippen LogP contribution in [-0.2, 0) is 4.79 Å². The minimum absolute atomic E-state index is 0.0237. The van der Waals surface area contributed by atoms with E-state index in [2.05, 4.69) is 21.2 Å². The summed E-state index contributed by atoms with van der Waals surface area (Å²) in [6.45, 7) is 8.34. The quantitative estimate of drug-likeness (QED) is 0.905. The molecular weight excluding hydrogens is 294 g/mol. The smallest absolute Gasteiger partial charge is 0.223 e. The third-order valence-electron chi connectivity index (χ3n) is 2.46. The summed E-state index contributed by atoms with van der Waals surface area (Å²) in [5, 5.41) is 2.83. The van der Waals surface area contributed by atoms with Gasteiger partial charge in [-0.3, -0.25) is 4.79 Å². The Labute approximate surface area is 117 Å². The summed E-state index contributed by atoms with van der Waals surface area (Å²) >= 11 is 3.51. The Morgan fingerprint density at radius 3 is 2.39 bits per heavy atom. The number of ether oxygens (including phenoxy) is 1. The predicted molar refractivity (Wildman–Crippen MR) is 77.0 cm³/mol. The number of benzene rings is 1. The zero-order chi connectivity index (χ0) is 13.7. The summed E-state index contributed by atoms with van der Waals surface area (Å²) in [6.07, 6.45) is 0.381. The Morgan fingerprint density at radius 1 is 1.33 bits per heavy atom. The second kappa shape index (κ2) is 6.78. The lowest BCUT2D eigenvalue weighted by Crippen LogP contribution is -2.31. The molecule has 0 saturated heterocycles. The highest BCUT2D eigenvalue weighted by Crippen LogP contribution is 2.26. The molecule has 0 aliphatic carbocycles. The van der Waals surface area contributed by atoms with Gasteiger partial charge in [-0.2, -0.15) is 0 Å². The number of halogens is 1. The summed E-state index contributed by atoms with van der Waals surface area (Å²) in [4.78, 5) is 11.4. The number of aryl methyl sites for hydroxylation is 2. The van der Waals surface area contributed by atoms with E-state index in [1.807, 2.05) is 39.8 Å². The molecule has 0 radical (unpaired) electrons. The van der Waals surface area contributed by atoms with Crippen LogP contribution in [0.2, 0.25) is 0 Å². The Kier molecular flexibility index (Phi) is 5.66. The lowest BCUT2D eigenvalue weighted by molar-refractivity contribution is -0.122. The van der Waals surface area contributed by atoms with Crippen LogP contribution in [0.3, 0.4) is 0 Å². The molecule has 1 aromatic rings. The van der Waals surface area contributed by atoms with Gasteiger partial charge in [-0.05, 0) is 51.0 Å². The fourth-order valence-electron chi connectivity index (χ4n) is 1.65. The van der Waals surface area contributed by atoms with Crippen molar-refractivity contribution in [2.45, 2.75) is 40.2 Å². The first-order valence-corrected chi connectivity index (χ1v) is 6.88. The molecule has 3 nitrogen and oxygen atoms in total. The Balaban J connectivity index is 2.47. The van der Waals surface area contributed by atoms with Crippen molar-refractivity contribution in [3.05, 3.63) is 27.7 Å². The molecule has 0 aliphatic heterocycles. The van der Waals surface area contributed by atoms with Crippen LogP contribution in [0.4, 0.5) is 0 Å². The van der Waals surface area contributed by atoms with Gasteiger partial charge in [-0.1, -0.05) is 15.9 Å². The van der Waals surface area contributed by atoms with Gasteiger partial charge in [0, 0.05) is 10.5 Å². The fourth-order valence-corrected chi connectivity index (χ4v) is 1.87. The van der Waals surface area contributed by atoms with Gasteiger partial charge < -0.3 is 10.1 Å². The second-order valence-corrected chi connectivity index (χ2v) is 5.48. The molecule has 0 heterocycles. The molecule has 1 aromatic carbocycles. The van der Waals surface area contributed by atoms with Crippen molar-refractivity contribution in [1.82, 2.24) is 5.32 Å². The minimum Gasteiger partial charge on any atom is -0.493 e. The Hall–Kier alpha value is -1.03. The van der Waals surface area contributed by atoms with E-state index in [0.29, 0.717) is 13.0 Å². The van der Waals surface area contributed by atoms with Crippen molar-refractivity contribution >= 4 is 21.8 Å². The molecule has 1 rings (SSSR count). The van der Waals surface area contributed by atoms with E-state index < -0.39 is 0 Å². The van der Waals surface area contributed by atoms with Crippen LogP contribution in [0.1, 0.15) is 31.4 Å². The molecular formula is C14H20BrNO2. The molecule has 1 amide bonds. The molecule has 1 N–H and O–H groups in total. The van der Waals surface area contributed by atoms with Gasteiger partial charge >= 0.3 is 0 Å². The molecule has 0 atom stereocenters. The van der Waals surface area contributed by atoms with Crippen LogP contribution in [0.15, 0.2) is 16.6 Å². The first kappa shape index (κ1) is 15.0. The summed E-state index contributed by atoms with van der Waals surface area (Å²) in [7, 11) is 0. The monoisotopic (exact) mass is 313 g/mol. The minimum atomic E-state index is 0.0237. The molecule has 0 bridgehead atoms. The fraction of sp³-hybridized carbons (Fsp3) is 0.500. The maximum absolute atomic E-state index is 11.4. The van der Waals surface area contributed by atoms with E-state index >= 15 is 0 Å². The SMILES string of the molecule is Cc1cc(OCCC(=O)NC(C)C)cc(C)c1Br. The van der Waals surface area contributed by atoms with Crippen molar-refractivity contribution in [1.29, 1.82) is 0 Å². The van der Waals surface area contributed by atoms with Gasteiger partial charge in [-0.25, -0.2) is 0 Å². The number of carbonyl (C=O) groups is 1. The van der Waals surface area contributed by atoms with Crippen LogP contribution >= 0.6 is 15.9 Å². The number of hydrogen-bond donors (Lipinski definition) is 1. The van der Waals surface area contributed by atoms with E-state index in [9.17, 15) is 4.79 Å². The number of nitrogens with one attached hydrogen (secondary N) is 1. The molecule has 0 fully saturated rings. The van der Waals surface area contributed by atoms with Crippen molar-refractivity contribution in [3.63, 3.8) is 0 Å². The zero-order valence-electron chi connectivity index (χ0n) is 11.3. The molecule has 0 aromatic heterocycles. The third kappa shape index (κ3) is 4.69. The van der Waals surface area contributed by atoms with Gasteiger partial charge in [0.1, 0.15) is 5.75 Å². The lowest BCUT2D eigenvalue weighted by Gasteiger charge is -2.11.